The highest BCUT2D eigenvalue weighted by atomic mass is 32.1. The third-order valence-electron chi connectivity index (χ3n) is 7.26. The number of aryl methyl sites for hydroxylation is 1. The number of hydrogen-bond acceptors (Lipinski definition) is 10. The van der Waals surface area contributed by atoms with Gasteiger partial charge >= 0.3 is 5.97 Å². The van der Waals surface area contributed by atoms with Crippen LogP contribution in [0.5, 0.6) is 0 Å². The Bertz CT molecular complexity index is 1290. The zero-order chi connectivity index (χ0) is 33.1. The van der Waals surface area contributed by atoms with Gasteiger partial charge < -0.3 is 40.0 Å². The lowest BCUT2D eigenvalue weighted by molar-refractivity contribution is -0.144. The molecule has 248 valence electrons. The van der Waals surface area contributed by atoms with Crippen LogP contribution < -0.4 is 10.6 Å². The van der Waals surface area contributed by atoms with E-state index in [1.807, 2.05) is 38.1 Å². The molecule has 0 spiro atoms. The number of ether oxygens (including phenoxy) is 3. The molecule has 2 heterocycles. The minimum atomic E-state index is -1.06. The largest absolute Gasteiger partial charge is 0.480 e. The van der Waals surface area contributed by atoms with E-state index in [0.29, 0.717) is 0 Å². The van der Waals surface area contributed by atoms with Crippen LogP contribution in [-0.2, 0) is 33.4 Å². The number of β-amino-alcohol motifs (C(OH)–C–C–N with tert-alkyl or cyclic N) is 1. The summed E-state index contributed by atoms with van der Waals surface area (Å²) in [5.74, 6) is -2.43. The predicted octanol–water partition coefficient (Wildman–Crippen LogP) is 1.92. The fourth-order valence-corrected chi connectivity index (χ4v) is 5.69. The zero-order valence-electron chi connectivity index (χ0n) is 26.4. The van der Waals surface area contributed by atoms with Gasteiger partial charge in [-0.2, -0.15) is 0 Å². The molecule has 0 aliphatic carbocycles. The predicted molar refractivity (Wildman–Crippen MR) is 166 cm³/mol. The number of carboxylic acids is 1. The Hall–Kier alpha value is -3.43. The van der Waals surface area contributed by atoms with Crippen molar-refractivity contribution in [3.05, 3.63) is 41.0 Å². The molecule has 45 heavy (non-hydrogen) atoms. The second-order valence-electron chi connectivity index (χ2n) is 12.0. The minimum Gasteiger partial charge on any atom is -0.480 e. The maximum Gasteiger partial charge on any atom is 0.329 e. The number of nitrogens with one attached hydrogen (secondary N) is 2. The number of nitrogens with zero attached hydrogens (tertiary/aromatic N) is 2. The van der Waals surface area contributed by atoms with Crippen LogP contribution in [-0.4, -0.2) is 108 Å². The summed E-state index contributed by atoms with van der Waals surface area (Å²) in [6.45, 7) is 9.05. The molecule has 0 radical (unpaired) electrons. The van der Waals surface area contributed by atoms with Crippen molar-refractivity contribution in [3.63, 3.8) is 0 Å². The first-order chi connectivity index (χ1) is 21.3. The Kier molecular flexibility index (Phi) is 13.4. The number of aliphatic hydroxyl groups excluding tert-OH is 1. The van der Waals surface area contributed by atoms with Crippen LogP contribution in [0.2, 0.25) is 0 Å². The highest BCUT2D eigenvalue weighted by molar-refractivity contribution is 7.13. The molecule has 3 rings (SSSR count). The molecular formula is C31H44N4O9S. The van der Waals surface area contributed by atoms with Gasteiger partial charge in [0.2, 0.25) is 17.7 Å². The molecule has 1 saturated heterocycles. The maximum atomic E-state index is 13.8. The summed E-state index contributed by atoms with van der Waals surface area (Å²) < 4.78 is 15.5. The van der Waals surface area contributed by atoms with Crippen molar-refractivity contribution >= 4 is 35.0 Å². The fourth-order valence-electron chi connectivity index (χ4n) is 4.88. The molecule has 0 bridgehead atoms. The SMILES string of the molecule is Cc1ncsc1-c1ccc([C@H](C)NC(=O)[C@@H]2C[C@@H](O)CN2C(=O)C(NC(=O)COCCOCCOCC(=O)O)C(C)(C)C)cc1. The summed E-state index contributed by atoms with van der Waals surface area (Å²) in [7, 11) is 0. The van der Waals surface area contributed by atoms with Gasteiger partial charge in [-0.3, -0.25) is 14.4 Å². The summed E-state index contributed by atoms with van der Waals surface area (Å²) >= 11 is 1.57. The van der Waals surface area contributed by atoms with Gasteiger partial charge in [0.25, 0.3) is 0 Å². The number of rotatable bonds is 16. The molecular weight excluding hydrogens is 604 g/mol. The second kappa shape index (κ2) is 16.8. The van der Waals surface area contributed by atoms with Gasteiger partial charge in [0.05, 0.1) is 54.7 Å². The lowest BCUT2D eigenvalue weighted by Gasteiger charge is -2.35. The molecule has 1 aromatic carbocycles. The van der Waals surface area contributed by atoms with Gasteiger partial charge in [0.15, 0.2) is 0 Å². The average molecular weight is 649 g/mol. The summed E-state index contributed by atoms with van der Waals surface area (Å²) in [5.41, 5.74) is 4.00. The Labute approximate surface area is 267 Å². The smallest absolute Gasteiger partial charge is 0.329 e. The highest BCUT2D eigenvalue weighted by Crippen LogP contribution is 2.29. The highest BCUT2D eigenvalue weighted by Gasteiger charge is 2.44. The molecule has 0 saturated carbocycles. The monoisotopic (exact) mass is 648 g/mol. The van der Waals surface area contributed by atoms with Crippen molar-refractivity contribution in [2.75, 3.05) is 46.2 Å². The van der Waals surface area contributed by atoms with Gasteiger partial charge in [-0.1, -0.05) is 45.0 Å². The zero-order valence-corrected chi connectivity index (χ0v) is 27.2. The van der Waals surface area contributed by atoms with Crippen LogP contribution in [0.25, 0.3) is 10.4 Å². The summed E-state index contributed by atoms with van der Waals surface area (Å²) in [6.07, 6.45) is -0.792. The van der Waals surface area contributed by atoms with E-state index in [4.69, 9.17) is 19.3 Å². The minimum absolute atomic E-state index is 0.0271. The topological polar surface area (TPSA) is 177 Å². The molecule has 1 aromatic heterocycles. The van der Waals surface area contributed by atoms with E-state index < -0.39 is 48.0 Å². The summed E-state index contributed by atoms with van der Waals surface area (Å²) in [4.78, 5) is 57.0. The Morgan fingerprint density at radius 3 is 2.22 bits per heavy atom. The molecule has 1 aliphatic heterocycles. The number of carbonyl (C=O) groups excluding carboxylic acids is 3. The number of likely N-dealkylation sites (tertiary alicyclic amines) is 1. The molecule has 4 N–H and O–H groups in total. The van der Waals surface area contributed by atoms with Crippen LogP contribution in [0.15, 0.2) is 29.8 Å². The molecule has 14 heteroatoms. The number of aromatic nitrogens is 1. The number of benzene rings is 1. The molecule has 1 aliphatic rings. The number of aliphatic hydroxyl groups is 1. The van der Waals surface area contributed by atoms with E-state index in [9.17, 15) is 24.3 Å². The molecule has 1 unspecified atom stereocenters. The third kappa shape index (κ3) is 10.9. The van der Waals surface area contributed by atoms with Gasteiger partial charge in [-0.25, -0.2) is 9.78 Å². The van der Waals surface area contributed by atoms with Crippen LogP contribution in [0, 0.1) is 12.3 Å². The lowest BCUT2D eigenvalue weighted by Crippen LogP contribution is -2.58. The third-order valence-corrected chi connectivity index (χ3v) is 8.24. The van der Waals surface area contributed by atoms with Crippen LogP contribution >= 0.6 is 11.3 Å². The van der Waals surface area contributed by atoms with Crippen molar-refractivity contribution in [1.29, 1.82) is 0 Å². The van der Waals surface area contributed by atoms with Gasteiger partial charge in [-0.05, 0) is 30.4 Å². The van der Waals surface area contributed by atoms with E-state index >= 15 is 0 Å². The van der Waals surface area contributed by atoms with Crippen molar-refractivity contribution in [1.82, 2.24) is 20.5 Å². The van der Waals surface area contributed by atoms with Crippen molar-refractivity contribution in [2.24, 2.45) is 5.41 Å². The van der Waals surface area contributed by atoms with Gasteiger partial charge in [0, 0.05) is 13.0 Å². The van der Waals surface area contributed by atoms with Crippen molar-refractivity contribution < 1.29 is 43.6 Å². The lowest BCUT2D eigenvalue weighted by atomic mass is 9.85. The number of amides is 3. The van der Waals surface area contributed by atoms with Crippen LogP contribution in [0.1, 0.15) is 51.4 Å². The van der Waals surface area contributed by atoms with E-state index in [2.05, 4.69) is 15.6 Å². The van der Waals surface area contributed by atoms with E-state index in [0.717, 1.165) is 21.7 Å². The molecule has 4 atom stereocenters. The molecule has 1 fully saturated rings. The number of carboxylic acid groups (broad SMARTS) is 1. The normalized spacial score (nSPS) is 18.0. The Morgan fingerprint density at radius 2 is 1.64 bits per heavy atom. The number of carbonyl (C=O) groups is 4. The maximum absolute atomic E-state index is 13.8. The van der Waals surface area contributed by atoms with Crippen molar-refractivity contribution in [3.8, 4) is 10.4 Å². The van der Waals surface area contributed by atoms with E-state index in [1.54, 1.807) is 37.6 Å². The van der Waals surface area contributed by atoms with E-state index in [1.165, 1.54) is 4.90 Å². The Morgan fingerprint density at radius 1 is 1.02 bits per heavy atom. The number of thiazole rings is 1. The summed E-state index contributed by atoms with van der Waals surface area (Å²) in [6, 6.07) is 5.65. The van der Waals surface area contributed by atoms with Crippen LogP contribution in [0.4, 0.5) is 0 Å². The first kappa shape index (κ1) is 36.0. The molecule has 3 amide bonds. The first-order valence-corrected chi connectivity index (χ1v) is 15.7. The van der Waals surface area contributed by atoms with E-state index in [-0.39, 0.29) is 57.9 Å². The second-order valence-corrected chi connectivity index (χ2v) is 12.8. The summed E-state index contributed by atoms with van der Waals surface area (Å²) in [5, 5.41) is 24.7. The van der Waals surface area contributed by atoms with Crippen LogP contribution in [0.3, 0.4) is 0 Å². The molecule has 2 aromatic rings. The first-order valence-electron chi connectivity index (χ1n) is 14.8. The quantitative estimate of drug-likeness (QED) is 0.197. The fraction of sp³-hybridized carbons (Fsp3) is 0.581. The van der Waals surface area contributed by atoms with Crippen molar-refractivity contribution in [2.45, 2.75) is 65.3 Å². The average Bonchev–Trinajstić information content (AvgIpc) is 3.59. The number of hydrogen-bond donors (Lipinski definition) is 4. The van der Waals surface area contributed by atoms with Gasteiger partial charge in [-0.15, -0.1) is 11.3 Å². The standard InChI is InChI=1S/C31H44N4O9S/c1-19(21-6-8-22(9-7-21)27-20(2)32-18-45-27)33-29(40)24-14-23(36)15-35(24)30(41)28(31(3,4)5)34-25(37)16-43-12-10-42-11-13-44-17-26(38)39/h6-9,18-19,23-24,28,36H,10-17H2,1-5H3,(H,33,40)(H,34,37)(H,38,39)/t19-,23+,24-,28?/m0/s1. The number of aliphatic carboxylic acids is 1. The molecule has 13 nitrogen and oxygen atoms in total. The van der Waals surface area contributed by atoms with Gasteiger partial charge in [0.1, 0.15) is 25.3 Å². The Balaban J connectivity index is 1.54.